The van der Waals surface area contributed by atoms with E-state index >= 15 is 0 Å². The van der Waals surface area contributed by atoms with Crippen LogP contribution in [0.1, 0.15) is 23.5 Å². The number of carbonyl (C=O) groups excluding carboxylic acids is 1. The first-order chi connectivity index (χ1) is 16.2. The van der Waals surface area contributed by atoms with Crippen LogP contribution in [0, 0.1) is 0 Å². The Hall–Kier alpha value is -4.04. The summed E-state index contributed by atoms with van der Waals surface area (Å²) in [5.74, 6) is 0.650. The summed E-state index contributed by atoms with van der Waals surface area (Å²) in [7, 11) is 0. The number of thiocarbonyl (C=S) groups is 1. The van der Waals surface area contributed by atoms with Crippen molar-refractivity contribution in [3.63, 3.8) is 0 Å². The van der Waals surface area contributed by atoms with E-state index < -0.39 is 0 Å². The van der Waals surface area contributed by atoms with Gasteiger partial charge in [-0.2, -0.15) is 0 Å². The molecule has 0 bridgehead atoms. The number of para-hydroxylation sites is 1. The molecule has 0 unspecified atom stereocenters. The van der Waals surface area contributed by atoms with Crippen molar-refractivity contribution in [2.45, 2.75) is 12.1 Å². The minimum absolute atomic E-state index is 0.0993. The van der Waals surface area contributed by atoms with E-state index in [1.807, 2.05) is 94.5 Å². The Morgan fingerprint density at radius 1 is 0.939 bits per heavy atom. The first-order valence-corrected chi connectivity index (χ1v) is 11.0. The molecule has 33 heavy (non-hydrogen) atoms. The van der Waals surface area contributed by atoms with Crippen LogP contribution in [0.2, 0.25) is 0 Å². The number of benzene rings is 1. The van der Waals surface area contributed by atoms with Crippen LogP contribution in [0.3, 0.4) is 0 Å². The summed E-state index contributed by atoms with van der Waals surface area (Å²) in [4.78, 5) is 23.9. The molecule has 0 saturated carbocycles. The highest BCUT2D eigenvalue weighted by Gasteiger charge is 2.42. The molecule has 0 aliphatic carbocycles. The highest BCUT2D eigenvalue weighted by atomic mass is 32.1. The summed E-state index contributed by atoms with van der Waals surface area (Å²) in [5, 5.41) is 6.85. The molecule has 4 aromatic rings. The van der Waals surface area contributed by atoms with Crippen molar-refractivity contribution in [1.82, 2.24) is 24.8 Å². The Kier molecular flexibility index (Phi) is 5.82. The largest absolute Gasteiger partial charge is 0.352 e. The van der Waals surface area contributed by atoms with Crippen LogP contribution in [0.4, 0.5) is 5.69 Å². The number of carbonyl (C=O) groups is 1. The molecule has 1 aliphatic heterocycles. The summed E-state index contributed by atoms with van der Waals surface area (Å²) in [5.41, 5.74) is 2.56. The highest BCUT2D eigenvalue weighted by molar-refractivity contribution is 7.80. The van der Waals surface area contributed by atoms with Gasteiger partial charge >= 0.3 is 0 Å². The van der Waals surface area contributed by atoms with E-state index in [0.29, 0.717) is 5.11 Å². The van der Waals surface area contributed by atoms with Crippen molar-refractivity contribution in [3.8, 4) is 5.82 Å². The number of nitrogens with zero attached hydrogens (tertiary/aromatic N) is 4. The van der Waals surface area contributed by atoms with Gasteiger partial charge in [0.05, 0.1) is 17.8 Å². The van der Waals surface area contributed by atoms with Gasteiger partial charge in [-0.15, -0.1) is 0 Å². The van der Waals surface area contributed by atoms with E-state index in [0.717, 1.165) is 22.9 Å². The van der Waals surface area contributed by atoms with Crippen LogP contribution in [0.15, 0.2) is 97.5 Å². The van der Waals surface area contributed by atoms with Crippen molar-refractivity contribution in [2.75, 3.05) is 11.9 Å². The zero-order chi connectivity index (χ0) is 22.6. The maximum atomic E-state index is 13.0. The third-order valence-electron chi connectivity index (χ3n) is 5.55. The van der Waals surface area contributed by atoms with Gasteiger partial charge in [-0.1, -0.05) is 30.3 Å². The quantitative estimate of drug-likeness (QED) is 0.431. The van der Waals surface area contributed by atoms with Crippen LogP contribution < -0.4 is 10.6 Å². The SMILES string of the molecule is O=C(CN1C(=S)N[C@H](c2ccccn2)[C@H]1c1cccn1-c1ccccn1)Nc1ccccc1. The molecule has 1 fully saturated rings. The number of anilines is 1. The van der Waals surface area contributed by atoms with Gasteiger partial charge in [0.25, 0.3) is 0 Å². The lowest BCUT2D eigenvalue weighted by Gasteiger charge is -2.28. The second-order valence-corrected chi connectivity index (χ2v) is 8.05. The zero-order valence-corrected chi connectivity index (χ0v) is 18.5. The smallest absolute Gasteiger partial charge is 0.244 e. The van der Waals surface area contributed by atoms with E-state index in [2.05, 4.69) is 20.6 Å². The summed E-state index contributed by atoms with van der Waals surface area (Å²) < 4.78 is 2.03. The second-order valence-electron chi connectivity index (χ2n) is 7.66. The topological polar surface area (TPSA) is 75.1 Å². The van der Waals surface area contributed by atoms with Gasteiger partial charge in [-0.05, 0) is 60.7 Å². The molecular weight excluding hydrogens is 432 g/mol. The molecule has 7 nitrogen and oxygen atoms in total. The van der Waals surface area contributed by atoms with Gasteiger partial charge in [0.15, 0.2) is 5.11 Å². The first kappa shape index (κ1) is 20.8. The molecule has 1 amide bonds. The van der Waals surface area contributed by atoms with Crippen molar-refractivity contribution < 1.29 is 4.79 Å². The Balaban J connectivity index is 1.51. The zero-order valence-electron chi connectivity index (χ0n) is 17.7. The van der Waals surface area contributed by atoms with Gasteiger partial charge in [0.2, 0.25) is 5.91 Å². The predicted octanol–water partition coefficient (Wildman–Crippen LogP) is 3.88. The Morgan fingerprint density at radius 3 is 2.42 bits per heavy atom. The normalized spacial score (nSPS) is 17.6. The van der Waals surface area contributed by atoms with E-state index in [1.165, 1.54) is 0 Å². The lowest BCUT2D eigenvalue weighted by atomic mass is 10.0. The predicted molar refractivity (Wildman–Crippen MR) is 131 cm³/mol. The number of rotatable bonds is 6. The van der Waals surface area contributed by atoms with Gasteiger partial charge in [0.1, 0.15) is 12.4 Å². The lowest BCUT2D eigenvalue weighted by molar-refractivity contribution is -0.116. The van der Waals surface area contributed by atoms with Crippen LogP contribution in [-0.4, -0.2) is 37.0 Å². The fourth-order valence-electron chi connectivity index (χ4n) is 4.11. The second kappa shape index (κ2) is 9.22. The maximum Gasteiger partial charge on any atom is 0.244 e. The minimum Gasteiger partial charge on any atom is -0.352 e. The van der Waals surface area contributed by atoms with E-state index in [-0.39, 0.29) is 24.5 Å². The number of aromatic nitrogens is 3. The van der Waals surface area contributed by atoms with Crippen molar-refractivity contribution in [1.29, 1.82) is 0 Å². The number of nitrogens with one attached hydrogen (secondary N) is 2. The maximum absolute atomic E-state index is 13.0. The van der Waals surface area contributed by atoms with Crippen molar-refractivity contribution >= 4 is 28.9 Å². The van der Waals surface area contributed by atoms with Crippen LogP contribution in [0.5, 0.6) is 0 Å². The van der Waals surface area contributed by atoms with Crippen LogP contribution >= 0.6 is 12.2 Å². The van der Waals surface area contributed by atoms with Crippen molar-refractivity contribution in [3.05, 3.63) is 109 Å². The Labute approximate surface area is 197 Å². The molecule has 3 aromatic heterocycles. The summed E-state index contributed by atoms with van der Waals surface area (Å²) in [6.07, 6.45) is 5.49. The number of hydrogen-bond acceptors (Lipinski definition) is 4. The molecule has 1 saturated heterocycles. The first-order valence-electron chi connectivity index (χ1n) is 10.6. The van der Waals surface area contributed by atoms with E-state index in [1.54, 1.807) is 12.4 Å². The summed E-state index contributed by atoms with van der Waals surface area (Å²) in [6, 6.07) is 24.5. The fraction of sp³-hybridized carbons (Fsp3) is 0.120. The monoisotopic (exact) mass is 454 g/mol. The molecule has 1 aliphatic rings. The molecule has 0 radical (unpaired) electrons. The standard InChI is InChI=1S/C25H22N6OS/c32-22(28-18-9-2-1-3-10-18)17-31-24(23(29-25(31)33)19-11-4-6-14-26-19)20-12-8-16-30(20)21-13-5-7-15-27-21/h1-16,23-24H,17H2,(H,28,32)(H,29,33)/t23-,24-/m1/s1. The lowest BCUT2D eigenvalue weighted by Crippen LogP contribution is -2.37. The molecule has 4 heterocycles. The van der Waals surface area contributed by atoms with E-state index in [4.69, 9.17) is 12.2 Å². The molecule has 0 spiro atoms. The molecule has 2 N–H and O–H groups in total. The minimum atomic E-state index is -0.258. The number of pyridine rings is 2. The third-order valence-corrected chi connectivity index (χ3v) is 5.90. The summed E-state index contributed by atoms with van der Waals surface area (Å²) >= 11 is 5.69. The van der Waals surface area contributed by atoms with Gasteiger partial charge < -0.3 is 20.1 Å². The van der Waals surface area contributed by atoms with E-state index in [9.17, 15) is 4.79 Å². The molecule has 164 valence electrons. The van der Waals surface area contributed by atoms with Gasteiger partial charge in [0, 0.05) is 30.0 Å². The number of amides is 1. The van der Waals surface area contributed by atoms with Crippen LogP contribution in [0.25, 0.3) is 5.82 Å². The Morgan fingerprint density at radius 2 is 1.70 bits per heavy atom. The Bertz CT molecular complexity index is 1250. The molecule has 2 atom stereocenters. The highest BCUT2D eigenvalue weighted by Crippen LogP contribution is 2.39. The molecule has 8 heteroatoms. The average Bonchev–Trinajstić information content (AvgIpc) is 3.45. The molecule has 5 rings (SSSR count). The fourth-order valence-corrected chi connectivity index (χ4v) is 4.42. The average molecular weight is 455 g/mol. The molecular formula is C25H22N6OS. The van der Waals surface area contributed by atoms with Gasteiger partial charge in [-0.3, -0.25) is 9.78 Å². The van der Waals surface area contributed by atoms with Crippen LogP contribution in [-0.2, 0) is 4.79 Å². The van der Waals surface area contributed by atoms with Gasteiger partial charge in [-0.25, -0.2) is 4.98 Å². The third kappa shape index (κ3) is 4.33. The number of hydrogen-bond donors (Lipinski definition) is 2. The van der Waals surface area contributed by atoms with Crippen molar-refractivity contribution in [2.24, 2.45) is 0 Å². The summed E-state index contributed by atoms with van der Waals surface area (Å²) in [6.45, 7) is 0.0993. The molecule has 1 aromatic carbocycles.